The van der Waals surface area contributed by atoms with Gasteiger partial charge in [-0.1, -0.05) is 12.2 Å². The largest absolute Gasteiger partial charge is 0.229 e. The van der Waals surface area contributed by atoms with Crippen molar-refractivity contribution in [1.82, 2.24) is 0 Å². The standard InChI is InChI=1S/C7H12O2S/c1-10(8,9)7-5-3-2-4-6-7/h3,5,7H,2,4,6H2,1H3. The summed E-state index contributed by atoms with van der Waals surface area (Å²) < 4.78 is 21.9. The van der Waals surface area contributed by atoms with Gasteiger partial charge in [0.25, 0.3) is 0 Å². The lowest BCUT2D eigenvalue weighted by molar-refractivity contribution is 0.583. The zero-order valence-corrected chi connectivity index (χ0v) is 6.89. The van der Waals surface area contributed by atoms with Gasteiger partial charge in [-0.05, 0) is 19.3 Å². The Morgan fingerprint density at radius 2 is 2.20 bits per heavy atom. The van der Waals surface area contributed by atoms with Gasteiger partial charge in [0.2, 0.25) is 0 Å². The molecule has 0 amide bonds. The third-order valence-electron chi connectivity index (χ3n) is 1.76. The van der Waals surface area contributed by atoms with Crippen LogP contribution in [0, 0.1) is 0 Å². The minimum Gasteiger partial charge on any atom is -0.229 e. The van der Waals surface area contributed by atoms with Crippen LogP contribution in [0.2, 0.25) is 0 Å². The van der Waals surface area contributed by atoms with Crippen LogP contribution in [0.3, 0.4) is 0 Å². The van der Waals surface area contributed by atoms with E-state index in [2.05, 4.69) is 0 Å². The van der Waals surface area contributed by atoms with Crippen LogP contribution in [0.5, 0.6) is 0 Å². The van der Waals surface area contributed by atoms with Crippen molar-refractivity contribution < 1.29 is 8.42 Å². The Bertz CT molecular complexity index is 226. The Morgan fingerprint density at radius 3 is 2.50 bits per heavy atom. The van der Waals surface area contributed by atoms with Gasteiger partial charge in [-0.3, -0.25) is 0 Å². The fourth-order valence-electron chi connectivity index (χ4n) is 1.14. The SMILES string of the molecule is CS(=O)(=O)C1C=CCCC1. The Hall–Kier alpha value is -0.310. The molecule has 0 saturated carbocycles. The molecule has 0 spiro atoms. The molecular weight excluding hydrogens is 148 g/mol. The fraction of sp³-hybridized carbons (Fsp3) is 0.714. The quantitative estimate of drug-likeness (QED) is 0.539. The Morgan fingerprint density at radius 1 is 1.50 bits per heavy atom. The predicted octanol–water partition coefficient (Wildman–Crippen LogP) is 1.14. The Kier molecular flexibility index (Phi) is 2.14. The van der Waals surface area contributed by atoms with Crippen LogP contribution >= 0.6 is 0 Å². The summed E-state index contributed by atoms with van der Waals surface area (Å²) in [6.07, 6.45) is 7.90. The lowest BCUT2D eigenvalue weighted by atomic mass is 10.1. The topological polar surface area (TPSA) is 34.1 Å². The molecule has 0 aromatic carbocycles. The van der Waals surface area contributed by atoms with E-state index in [4.69, 9.17) is 0 Å². The van der Waals surface area contributed by atoms with Crippen molar-refractivity contribution in [1.29, 1.82) is 0 Å². The fourth-order valence-corrected chi connectivity index (χ4v) is 2.13. The van der Waals surface area contributed by atoms with Crippen LogP contribution in [0.25, 0.3) is 0 Å². The van der Waals surface area contributed by atoms with Gasteiger partial charge >= 0.3 is 0 Å². The molecule has 2 nitrogen and oxygen atoms in total. The van der Waals surface area contributed by atoms with Gasteiger partial charge in [0.05, 0.1) is 5.25 Å². The lowest BCUT2D eigenvalue weighted by Crippen LogP contribution is -2.18. The molecule has 1 aliphatic rings. The molecule has 0 bridgehead atoms. The van der Waals surface area contributed by atoms with E-state index in [0.29, 0.717) is 0 Å². The maximum absolute atomic E-state index is 10.9. The van der Waals surface area contributed by atoms with Crippen molar-refractivity contribution in [2.75, 3.05) is 6.26 Å². The summed E-state index contributed by atoms with van der Waals surface area (Å²) in [6, 6.07) is 0. The third kappa shape index (κ3) is 1.84. The Labute approximate surface area is 61.9 Å². The number of hydrogen-bond acceptors (Lipinski definition) is 2. The molecule has 1 unspecified atom stereocenters. The van der Waals surface area contributed by atoms with Crippen molar-refractivity contribution >= 4 is 9.84 Å². The van der Waals surface area contributed by atoms with Crippen LogP contribution in [-0.2, 0) is 9.84 Å². The highest BCUT2D eigenvalue weighted by Gasteiger charge is 2.18. The second kappa shape index (κ2) is 2.74. The van der Waals surface area contributed by atoms with E-state index >= 15 is 0 Å². The molecule has 58 valence electrons. The third-order valence-corrected chi connectivity index (χ3v) is 3.25. The minimum absolute atomic E-state index is 0.207. The lowest BCUT2D eigenvalue weighted by Gasteiger charge is -2.13. The first-order valence-electron chi connectivity index (χ1n) is 3.46. The first kappa shape index (κ1) is 7.79. The van der Waals surface area contributed by atoms with Gasteiger partial charge in [-0.15, -0.1) is 0 Å². The minimum atomic E-state index is -2.81. The Balaban J connectivity index is 2.74. The molecule has 1 rings (SSSR count). The van der Waals surface area contributed by atoms with Crippen molar-refractivity contribution in [3.05, 3.63) is 12.2 Å². The van der Waals surface area contributed by atoms with Crippen LogP contribution in [0.4, 0.5) is 0 Å². The first-order chi connectivity index (χ1) is 4.61. The van der Waals surface area contributed by atoms with Crippen LogP contribution < -0.4 is 0 Å². The zero-order chi connectivity index (χ0) is 7.61. The van der Waals surface area contributed by atoms with E-state index in [9.17, 15) is 8.42 Å². The zero-order valence-electron chi connectivity index (χ0n) is 6.08. The second-order valence-corrected chi connectivity index (χ2v) is 4.99. The molecular formula is C7H12O2S. The summed E-state index contributed by atoms with van der Waals surface area (Å²) in [5, 5.41) is -0.207. The smallest absolute Gasteiger partial charge is 0.153 e. The molecule has 0 radical (unpaired) electrons. The molecule has 0 fully saturated rings. The van der Waals surface area contributed by atoms with E-state index in [1.807, 2.05) is 6.08 Å². The van der Waals surface area contributed by atoms with Crippen molar-refractivity contribution in [3.8, 4) is 0 Å². The maximum atomic E-state index is 10.9. The molecule has 0 N–H and O–H groups in total. The van der Waals surface area contributed by atoms with Crippen LogP contribution in [0.15, 0.2) is 12.2 Å². The maximum Gasteiger partial charge on any atom is 0.153 e. The summed E-state index contributed by atoms with van der Waals surface area (Å²) in [6.45, 7) is 0. The summed E-state index contributed by atoms with van der Waals surface area (Å²) in [4.78, 5) is 0. The highest BCUT2D eigenvalue weighted by atomic mass is 32.2. The van der Waals surface area contributed by atoms with E-state index < -0.39 is 9.84 Å². The van der Waals surface area contributed by atoms with Crippen LogP contribution in [-0.4, -0.2) is 19.9 Å². The van der Waals surface area contributed by atoms with E-state index in [1.165, 1.54) is 6.26 Å². The van der Waals surface area contributed by atoms with E-state index in [-0.39, 0.29) is 5.25 Å². The van der Waals surface area contributed by atoms with Crippen molar-refractivity contribution in [2.24, 2.45) is 0 Å². The molecule has 3 heteroatoms. The van der Waals surface area contributed by atoms with Gasteiger partial charge in [0.15, 0.2) is 9.84 Å². The van der Waals surface area contributed by atoms with Crippen LogP contribution in [0.1, 0.15) is 19.3 Å². The van der Waals surface area contributed by atoms with Gasteiger partial charge in [0, 0.05) is 6.26 Å². The number of allylic oxidation sites excluding steroid dienone is 1. The number of hydrogen-bond donors (Lipinski definition) is 0. The summed E-state index contributed by atoms with van der Waals surface area (Å²) in [7, 11) is -2.81. The molecule has 1 atom stereocenters. The summed E-state index contributed by atoms with van der Waals surface area (Å²) in [5.74, 6) is 0. The highest BCUT2D eigenvalue weighted by Crippen LogP contribution is 2.16. The monoisotopic (exact) mass is 160 g/mol. The van der Waals surface area contributed by atoms with Crippen molar-refractivity contribution in [3.63, 3.8) is 0 Å². The van der Waals surface area contributed by atoms with Gasteiger partial charge < -0.3 is 0 Å². The average molecular weight is 160 g/mol. The van der Waals surface area contributed by atoms with Gasteiger partial charge in [0.1, 0.15) is 0 Å². The molecule has 10 heavy (non-hydrogen) atoms. The summed E-state index contributed by atoms with van der Waals surface area (Å²) in [5.41, 5.74) is 0. The first-order valence-corrected chi connectivity index (χ1v) is 5.42. The number of sulfone groups is 1. The van der Waals surface area contributed by atoms with E-state index in [1.54, 1.807) is 6.08 Å². The summed E-state index contributed by atoms with van der Waals surface area (Å²) >= 11 is 0. The van der Waals surface area contributed by atoms with Gasteiger partial charge in [-0.25, -0.2) is 8.42 Å². The molecule has 0 aliphatic heterocycles. The van der Waals surface area contributed by atoms with Crippen molar-refractivity contribution in [2.45, 2.75) is 24.5 Å². The van der Waals surface area contributed by atoms with E-state index in [0.717, 1.165) is 19.3 Å². The number of rotatable bonds is 1. The van der Waals surface area contributed by atoms with Gasteiger partial charge in [-0.2, -0.15) is 0 Å². The molecule has 0 aromatic heterocycles. The molecule has 0 heterocycles. The predicted molar refractivity (Wildman–Crippen MR) is 41.6 cm³/mol. The molecule has 0 aromatic rings. The molecule has 1 aliphatic carbocycles. The highest BCUT2D eigenvalue weighted by molar-refractivity contribution is 7.91. The normalized spacial score (nSPS) is 26.7. The second-order valence-electron chi connectivity index (χ2n) is 2.73. The molecule has 0 saturated heterocycles. The average Bonchev–Trinajstić information content (AvgIpc) is 1.88.